The number of nitrogens with one attached hydrogen (secondary N) is 2. The molecule has 0 aromatic heterocycles. The summed E-state index contributed by atoms with van der Waals surface area (Å²) in [5.41, 5.74) is 5.42. The van der Waals surface area contributed by atoms with Crippen LogP contribution in [0.5, 0.6) is 0 Å². The van der Waals surface area contributed by atoms with Gasteiger partial charge in [-0.2, -0.15) is 0 Å². The summed E-state index contributed by atoms with van der Waals surface area (Å²) in [7, 11) is 0. The summed E-state index contributed by atoms with van der Waals surface area (Å²) in [4.78, 5) is 13.8. The Bertz CT molecular complexity index is 817. The molecular formula is C21H25N3OS. The molecule has 136 valence electrons. The van der Waals surface area contributed by atoms with Gasteiger partial charge in [0.15, 0.2) is 5.11 Å². The van der Waals surface area contributed by atoms with Crippen LogP contribution in [0.4, 0.5) is 11.4 Å². The Kier molecular flexibility index (Phi) is 5.57. The zero-order valence-corrected chi connectivity index (χ0v) is 16.3. The second-order valence-corrected chi connectivity index (χ2v) is 7.29. The maximum absolute atomic E-state index is 11.9. The normalized spacial score (nSPS) is 15.0. The van der Waals surface area contributed by atoms with Crippen LogP contribution in [0.2, 0.25) is 0 Å². The minimum absolute atomic E-state index is 0.123. The summed E-state index contributed by atoms with van der Waals surface area (Å²) in [6.45, 7) is 7.00. The molecule has 26 heavy (non-hydrogen) atoms. The SMILES string of the molecule is Cc1ccc(C(C)NC(=S)Nc2ccc(N3CCCC3=O)c(C)c2)cc1. The molecule has 5 heteroatoms. The van der Waals surface area contributed by atoms with E-state index in [1.54, 1.807) is 0 Å². The molecule has 1 amide bonds. The molecule has 4 nitrogen and oxygen atoms in total. The molecule has 1 heterocycles. The molecule has 2 N–H and O–H groups in total. The number of amides is 1. The van der Waals surface area contributed by atoms with Crippen molar-refractivity contribution in [3.63, 3.8) is 0 Å². The molecule has 0 spiro atoms. The van der Waals surface area contributed by atoms with E-state index < -0.39 is 0 Å². The van der Waals surface area contributed by atoms with Crippen LogP contribution in [0.3, 0.4) is 0 Å². The van der Waals surface area contributed by atoms with Gasteiger partial charge in [-0.05, 0) is 68.7 Å². The fourth-order valence-electron chi connectivity index (χ4n) is 3.24. The number of aryl methyl sites for hydroxylation is 2. The molecule has 1 atom stereocenters. The molecule has 0 aliphatic carbocycles. The molecule has 2 aromatic rings. The Labute approximate surface area is 160 Å². The van der Waals surface area contributed by atoms with Crippen LogP contribution >= 0.6 is 12.2 Å². The molecule has 1 saturated heterocycles. The molecule has 0 bridgehead atoms. The minimum Gasteiger partial charge on any atom is -0.356 e. The summed E-state index contributed by atoms with van der Waals surface area (Å²) < 4.78 is 0. The number of hydrogen-bond donors (Lipinski definition) is 2. The monoisotopic (exact) mass is 367 g/mol. The lowest BCUT2D eigenvalue weighted by Gasteiger charge is -2.20. The van der Waals surface area contributed by atoms with Gasteiger partial charge in [-0.25, -0.2) is 0 Å². The molecule has 1 aliphatic heterocycles. The van der Waals surface area contributed by atoms with Gasteiger partial charge in [0.2, 0.25) is 5.91 Å². The van der Waals surface area contributed by atoms with E-state index in [2.05, 4.69) is 48.7 Å². The quantitative estimate of drug-likeness (QED) is 0.782. The van der Waals surface area contributed by atoms with Crippen molar-refractivity contribution in [3.05, 3.63) is 59.2 Å². The highest BCUT2D eigenvalue weighted by molar-refractivity contribution is 7.80. The van der Waals surface area contributed by atoms with Crippen molar-refractivity contribution >= 4 is 34.6 Å². The van der Waals surface area contributed by atoms with Crippen LogP contribution in [0.1, 0.15) is 42.5 Å². The van der Waals surface area contributed by atoms with Gasteiger partial charge in [0.1, 0.15) is 0 Å². The second kappa shape index (κ2) is 7.87. The van der Waals surface area contributed by atoms with Crippen molar-refractivity contribution in [3.8, 4) is 0 Å². The van der Waals surface area contributed by atoms with Crippen molar-refractivity contribution in [2.24, 2.45) is 0 Å². The van der Waals surface area contributed by atoms with Gasteiger partial charge < -0.3 is 15.5 Å². The number of hydrogen-bond acceptors (Lipinski definition) is 2. The largest absolute Gasteiger partial charge is 0.356 e. The highest BCUT2D eigenvalue weighted by atomic mass is 32.1. The van der Waals surface area contributed by atoms with E-state index in [0.29, 0.717) is 11.5 Å². The van der Waals surface area contributed by atoms with Crippen molar-refractivity contribution < 1.29 is 4.79 Å². The van der Waals surface area contributed by atoms with E-state index in [9.17, 15) is 4.79 Å². The summed E-state index contributed by atoms with van der Waals surface area (Å²) >= 11 is 5.45. The van der Waals surface area contributed by atoms with Gasteiger partial charge in [0.25, 0.3) is 0 Å². The minimum atomic E-state index is 0.123. The first-order chi connectivity index (χ1) is 12.4. The Morgan fingerprint density at radius 3 is 2.50 bits per heavy atom. The number of anilines is 2. The lowest BCUT2D eigenvalue weighted by molar-refractivity contribution is -0.117. The van der Waals surface area contributed by atoms with Crippen molar-refractivity contribution in [1.29, 1.82) is 0 Å². The average molecular weight is 368 g/mol. The van der Waals surface area contributed by atoms with E-state index >= 15 is 0 Å². The Balaban J connectivity index is 1.63. The number of thiocarbonyl (C=S) groups is 1. The van der Waals surface area contributed by atoms with Crippen LogP contribution in [0, 0.1) is 13.8 Å². The van der Waals surface area contributed by atoms with Gasteiger partial charge in [0, 0.05) is 24.3 Å². The smallest absolute Gasteiger partial charge is 0.227 e. The topological polar surface area (TPSA) is 44.4 Å². The first-order valence-electron chi connectivity index (χ1n) is 8.99. The molecule has 0 saturated carbocycles. The third-order valence-electron chi connectivity index (χ3n) is 4.74. The molecule has 2 aromatic carbocycles. The predicted molar refractivity (Wildman–Crippen MR) is 112 cm³/mol. The maximum atomic E-state index is 11.9. The standard InChI is InChI=1S/C21H25N3OS/c1-14-6-8-17(9-7-14)16(3)22-21(26)23-18-10-11-19(15(2)13-18)24-12-4-5-20(24)25/h6-11,13,16H,4-5,12H2,1-3H3,(H2,22,23,26). The summed E-state index contributed by atoms with van der Waals surface area (Å²) in [5.74, 6) is 0.206. The number of rotatable bonds is 4. The third-order valence-corrected chi connectivity index (χ3v) is 4.96. The lowest BCUT2D eigenvalue weighted by atomic mass is 10.1. The fraction of sp³-hybridized carbons (Fsp3) is 0.333. The highest BCUT2D eigenvalue weighted by Gasteiger charge is 2.22. The van der Waals surface area contributed by atoms with Gasteiger partial charge in [-0.15, -0.1) is 0 Å². The highest BCUT2D eigenvalue weighted by Crippen LogP contribution is 2.27. The zero-order valence-electron chi connectivity index (χ0n) is 15.5. The number of nitrogens with zero attached hydrogens (tertiary/aromatic N) is 1. The second-order valence-electron chi connectivity index (χ2n) is 6.88. The van der Waals surface area contributed by atoms with E-state index in [1.165, 1.54) is 11.1 Å². The maximum Gasteiger partial charge on any atom is 0.227 e. The van der Waals surface area contributed by atoms with E-state index in [1.807, 2.05) is 30.0 Å². The predicted octanol–water partition coefficient (Wildman–Crippen LogP) is 4.48. The first-order valence-corrected chi connectivity index (χ1v) is 9.40. The van der Waals surface area contributed by atoms with Crippen LogP contribution in [0.25, 0.3) is 0 Å². The summed E-state index contributed by atoms with van der Waals surface area (Å²) in [6, 6.07) is 14.6. The summed E-state index contributed by atoms with van der Waals surface area (Å²) in [6.07, 6.45) is 1.58. The van der Waals surface area contributed by atoms with Gasteiger partial charge in [-0.1, -0.05) is 29.8 Å². The molecule has 3 rings (SSSR count). The van der Waals surface area contributed by atoms with Crippen molar-refractivity contribution in [1.82, 2.24) is 5.32 Å². The van der Waals surface area contributed by atoms with Crippen LogP contribution in [-0.4, -0.2) is 17.6 Å². The Morgan fingerprint density at radius 2 is 1.88 bits per heavy atom. The van der Waals surface area contributed by atoms with Gasteiger partial charge in [0.05, 0.1) is 6.04 Å². The first kappa shape index (κ1) is 18.4. The fourth-order valence-corrected chi connectivity index (χ4v) is 3.54. The average Bonchev–Trinajstić information content (AvgIpc) is 3.01. The van der Waals surface area contributed by atoms with Crippen molar-refractivity contribution in [2.45, 2.75) is 39.7 Å². The lowest BCUT2D eigenvalue weighted by Crippen LogP contribution is -2.31. The molecule has 0 radical (unpaired) electrons. The van der Waals surface area contributed by atoms with Crippen LogP contribution in [-0.2, 0) is 4.79 Å². The van der Waals surface area contributed by atoms with Crippen LogP contribution < -0.4 is 15.5 Å². The van der Waals surface area contributed by atoms with E-state index in [4.69, 9.17) is 12.2 Å². The number of carbonyl (C=O) groups is 1. The van der Waals surface area contributed by atoms with Gasteiger partial charge >= 0.3 is 0 Å². The molecular weight excluding hydrogens is 342 g/mol. The molecule has 1 aliphatic rings. The number of carbonyl (C=O) groups excluding carboxylic acids is 1. The van der Waals surface area contributed by atoms with Crippen molar-refractivity contribution in [2.75, 3.05) is 16.8 Å². The molecule has 1 fully saturated rings. The van der Waals surface area contributed by atoms with Gasteiger partial charge in [-0.3, -0.25) is 4.79 Å². The Morgan fingerprint density at radius 1 is 1.15 bits per heavy atom. The zero-order chi connectivity index (χ0) is 18.7. The van der Waals surface area contributed by atoms with Crippen LogP contribution in [0.15, 0.2) is 42.5 Å². The summed E-state index contributed by atoms with van der Waals surface area (Å²) in [5, 5.41) is 7.14. The third kappa shape index (κ3) is 4.22. The Hall–Kier alpha value is -2.40. The van der Waals surface area contributed by atoms with E-state index in [0.717, 1.165) is 29.9 Å². The molecule has 1 unspecified atom stereocenters. The van der Waals surface area contributed by atoms with E-state index in [-0.39, 0.29) is 11.9 Å². The number of benzene rings is 2.